The summed E-state index contributed by atoms with van der Waals surface area (Å²) in [4.78, 5) is 38.2. The Morgan fingerprint density at radius 2 is 0.537 bits per heavy atom. The van der Waals surface area contributed by atoms with Gasteiger partial charge in [0.2, 0.25) is 0 Å². The van der Waals surface area contributed by atoms with E-state index in [0.717, 1.165) is 77.0 Å². The van der Waals surface area contributed by atoms with Gasteiger partial charge in [-0.15, -0.1) is 0 Å². The summed E-state index contributed by atoms with van der Waals surface area (Å²) in [7, 11) is 0. The van der Waals surface area contributed by atoms with Crippen molar-refractivity contribution < 1.29 is 28.6 Å². The van der Waals surface area contributed by atoms with E-state index in [2.05, 4.69) is 57.2 Å². The molecule has 0 saturated heterocycles. The fourth-order valence-corrected chi connectivity index (χ4v) is 8.65. The topological polar surface area (TPSA) is 78.9 Å². The zero-order chi connectivity index (χ0) is 48.6. The Bertz CT molecular complexity index is 1130. The fraction of sp³-hybridized carbons (Fsp3) is 0.852. The van der Waals surface area contributed by atoms with Gasteiger partial charge in [0.05, 0.1) is 0 Å². The highest BCUT2D eigenvalue weighted by molar-refractivity contribution is 5.71. The van der Waals surface area contributed by atoms with E-state index in [9.17, 15) is 14.4 Å². The van der Waals surface area contributed by atoms with Crippen molar-refractivity contribution in [2.45, 2.75) is 322 Å². The lowest BCUT2D eigenvalue weighted by atomic mass is 10.0. The van der Waals surface area contributed by atoms with Crippen LogP contribution in [0.1, 0.15) is 316 Å². The molecule has 0 bridgehead atoms. The van der Waals surface area contributed by atoms with E-state index in [1.807, 2.05) is 0 Å². The molecule has 0 N–H and O–H groups in total. The third-order valence-corrected chi connectivity index (χ3v) is 13.1. The van der Waals surface area contributed by atoms with E-state index in [1.165, 1.54) is 199 Å². The molecule has 0 radical (unpaired) electrons. The molecule has 0 fully saturated rings. The summed E-state index contributed by atoms with van der Waals surface area (Å²) in [6, 6.07) is 0. The number of carbonyl (C=O) groups is 3. The molecule has 392 valence electrons. The molecule has 0 heterocycles. The molecule has 0 saturated carbocycles. The standard InChI is InChI=1S/C61H112O6/c1-4-7-10-13-16-19-22-25-28-30-32-33-36-39-42-45-48-51-54-60(63)66-57-58(56-65-59(62)53-50-47-44-41-38-35-27-24-21-18-15-12-9-6-3)67-61(64)55-52-49-46-43-40-37-34-31-29-26-23-20-17-14-11-8-5-2/h19,22,24,27-28,30,58H,4-18,20-21,23,25-26,29,31-57H2,1-3H3/b22-19-,27-24-,30-28-. The van der Waals surface area contributed by atoms with Crippen molar-refractivity contribution in [2.75, 3.05) is 13.2 Å². The SMILES string of the molecule is CCCCCC/C=C\C/C=C\CCCCCCCCCC(=O)OCC(COC(=O)CCCCCCC/C=C\CCCCCCC)OC(=O)CCCCCCCCCCCCCCCCCCC. The molecule has 6 heteroatoms. The average Bonchev–Trinajstić information content (AvgIpc) is 3.33. The van der Waals surface area contributed by atoms with Crippen LogP contribution < -0.4 is 0 Å². The van der Waals surface area contributed by atoms with Crippen molar-refractivity contribution in [1.82, 2.24) is 0 Å². The molecular weight excluding hydrogens is 829 g/mol. The van der Waals surface area contributed by atoms with Gasteiger partial charge in [0.1, 0.15) is 13.2 Å². The Kier molecular flexibility index (Phi) is 54.2. The van der Waals surface area contributed by atoms with Gasteiger partial charge in [-0.3, -0.25) is 14.4 Å². The Morgan fingerprint density at radius 3 is 0.851 bits per heavy atom. The lowest BCUT2D eigenvalue weighted by molar-refractivity contribution is -0.167. The molecule has 0 aliphatic carbocycles. The molecule has 1 atom stereocenters. The number of hydrogen-bond donors (Lipinski definition) is 0. The maximum Gasteiger partial charge on any atom is 0.306 e. The maximum atomic E-state index is 12.9. The van der Waals surface area contributed by atoms with Crippen LogP contribution in [0, 0.1) is 0 Å². The zero-order valence-corrected chi connectivity index (χ0v) is 44.9. The van der Waals surface area contributed by atoms with Crippen LogP contribution in [0.3, 0.4) is 0 Å². The van der Waals surface area contributed by atoms with Gasteiger partial charge in [0.15, 0.2) is 6.10 Å². The number of hydrogen-bond acceptors (Lipinski definition) is 6. The van der Waals surface area contributed by atoms with Crippen molar-refractivity contribution >= 4 is 17.9 Å². The van der Waals surface area contributed by atoms with E-state index < -0.39 is 6.10 Å². The highest BCUT2D eigenvalue weighted by Crippen LogP contribution is 2.16. The minimum Gasteiger partial charge on any atom is -0.462 e. The summed E-state index contributed by atoms with van der Waals surface area (Å²) < 4.78 is 16.9. The lowest BCUT2D eigenvalue weighted by Crippen LogP contribution is -2.30. The molecule has 0 aliphatic heterocycles. The Hall–Kier alpha value is -2.37. The molecule has 0 spiro atoms. The Morgan fingerprint density at radius 1 is 0.299 bits per heavy atom. The summed E-state index contributed by atoms with van der Waals surface area (Å²) in [5.41, 5.74) is 0. The molecule has 6 nitrogen and oxygen atoms in total. The minimum absolute atomic E-state index is 0.0754. The van der Waals surface area contributed by atoms with Gasteiger partial charge >= 0.3 is 17.9 Å². The zero-order valence-electron chi connectivity index (χ0n) is 44.9. The van der Waals surface area contributed by atoms with Gasteiger partial charge < -0.3 is 14.2 Å². The summed E-state index contributed by atoms with van der Waals surface area (Å²) in [6.07, 6.45) is 67.0. The van der Waals surface area contributed by atoms with Crippen LogP contribution in [0.2, 0.25) is 0 Å². The highest BCUT2D eigenvalue weighted by atomic mass is 16.6. The summed E-state index contributed by atoms with van der Waals surface area (Å²) in [6.45, 7) is 6.64. The van der Waals surface area contributed by atoms with E-state index >= 15 is 0 Å². The van der Waals surface area contributed by atoms with E-state index in [4.69, 9.17) is 14.2 Å². The molecule has 0 rings (SSSR count). The van der Waals surface area contributed by atoms with Gasteiger partial charge in [0.25, 0.3) is 0 Å². The third-order valence-electron chi connectivity index (χ3n) is 13.1. The number of rotatable bonds is 54. The first-order valence-corrected chi connectivity index (χ1v) is 29.5. The van der Waals surface area contributed by atoms with Crippen LogP contribution in [0.4, 0.5) is 0 Å². The van der Waals surface area contributed by atoms with Crippen molar-refractivity contribution in [2.24, 2.45) is 0 Å². The highest BCUT2D eigenvalue weighted by Gasteiger charge is 2.19. The van der Waals surface area contributed by atoms with E-state index in [-0.39, 0.29) is 31.1 Å². The van der Waals surface area contributed by atoms with Crippen molar-refractivity contribution in [3.8, 4) is 0 Å². The molecule has 0 amide bonds. The summed E-state index contributed by atoms with van der Waals surface area (Å²) >= 11 is 0. The molecule has 67 heavy (non-hydrogen) atoms. The minimum atomic E-state index is -0.776. The van der Waals surface area contributed by atoms with E-state index in [0.29, 0.717) is 19.3 Å². The largest absolute Gasteiger partial charge is 0.462 e. The number of unbranched alkanes of at least 4 members (excludes halogenated alkanes) is 37. The molecule has 0 aromatic heterocycles. The first-order chi connectivity index (χ1) is 33.0. The van der Waals surface area contributed by atoms with Gasteiger partial charge in [-0.2, -0.15) is 0 Å². The molecule has 0 aromatic rings. The average molecular weight is 942 g/mol. The van der Waals surface area contributed by atoms with Crippen LogP contribution in [0.25, 0.3) is 0 Å². The summed E-state index contributed by atoms with van der Waals surface area (Å²) in [5.74, 6) is -0.872. The molecular formula is C61H112O6. The fourth-order valence-electron chi connectivity index (χ4n) is 8.65. The second-order valence-electron chi connectivity index (χ2n) is 19.9. The smallest absolute Gasteiger partial charge is 0.306 e. The van der Waals surface area contributed by atoms with Gasteiger partial charge in [-0.1, -0.05) is 256 Å². The second-order valence-corrected chi connectivity index (χ2v) is 19.9. The van der Waals surface area contributed by atoms with Crippen LogP contribution in [-0.4, -0.2) is 37.2 Å². The van der Waals surface area contributed by atoms with Gasteiger partial charge in [-0.25, -0.2) is 0 Å². The van der Waals surface area contributed by atoms with Crippen LogP contribution >= 0.6 is 0 Å². The van der Waals surface area contributed by atoms with Crippen LogP contribution in [0.5, 0.6) is 0 Å². The Labute approximate surface area is 416 Å². The maximum absolute atomic E-state index is 12.9. The number of carbonyl (C=O) groups excluding carboxylic acids is 3. The summed E-state index contributed by atoms with van der Waals surface area (Å²) in [5, 5.41) is 0. The quantitative estimate of drug-likeness (QED) is 0.0262. The monoisotopic (exact) mass is 941 g/mol. The van der Waals surface area contributed by atoms with Gasteiger partial charge in [-0.05, 0) is 77.0 Å². The first-order valence-electron chi connectivity index (χ1n) is 29.5. The van der Waals surface area contributed by atoms with Crippen LogP contribution in [0.15, 0.2) is 36.5 Å². The normalized spacial score (nSPS) is 12.2. The predicted octanol–water partition coefficient (Wildman–Crippen LogP) is 19.7. The predicted molar refractivity (Wildman–Crippen MR) is 289 cm³/mol. The second kappa shape index (κ2) is 56.2. The van der Waals surface area contributed by atoms with Crippen LogP contribution in [-0.2, 0) is 28.6 Å². The molecule has 0 aromatic carbocycles. The van der Waals surface area contributed by atoms with Crippen molar-refractivity contribution in [3.63, 3.8) is 0 Å². The Balaban J connectivity index is 4.35. The third kappa shape index (κ3) is 54.4. The van der Waals surface area contributed by atoms with Crippen molar-refractivity contribution in [3.05, 3.63) is 36.5 Å². The number of esters is 3. The van der Waals surface area contributed by atoms with E-state index in [1.54, 1.807) is 0 Å². The number of allylic oxidation sites excluding steroid dienone is 6. The number of ether oxygens (including phenoxy) is 3. The molecule has 0 aliphatic rings. The van der Waals surface area contributed by atoms with Crippen molar-refractivity contribution in [1.29, 1.82) is 0 Å². The first kappa shape index (κ1) is 64.6. The van der Waals surface area contributed by atoms with Gasteiger partial charge in [0, 0.05) is 19.3 Å². The lowest BCUT2D eigenvalue weighted by Gasteiger charge is -2.18. The molecule has 1 unspecified atom stereocenters.